The van der Waals surface area contributed by atoms with Crippen LogP contribution in [0.25, 0.3) is 0 Å². The molecule has 1 saturated carbocycles. The molecular weight excluding hydrogens is 346 g/mol. The lowest BCUT2D eigenvalue weighted by atomic mass is 9.87. The van der Waals surface area contributed by atoms with Crippen molar-refractivity contribution < 1.29 is 9.59 Å². The minimum Gasteiger partial charge on any atom is -0.350 e. The van der Waals surface area contributed by atoms with Gasteiger partial charge in [-0.15, -0.1) is 11.3 Å². The van der Waals surface area contributed by atoms with Crippen LogP contribution in [0.5, 0.6) is 0 Å². The summed E-state index contributed by atoms with van der Waals surface area (Å²) in [5.41, 5.74) is 0.926. The summed E-state index contributed by atoms with van der Waals surface area (Å²) in [7, 11) is 0. The number of thiazole rings is 1. The van der Waals surface area contributed by atoms with Gasteiger partial charge in [0.2, 0.25) is 11.8 Å². The molecule has 1 aromatic rings. The average molecular weight is 378 g/mol. The normalized spacial score (nSPS) is 21.8. The Morgan fingerprint density at radius 3 is 2.73 bits per heavy atom. The van der Waals surface area contributed by atoms with Crippen molar-refractivity contribution in [2.75, 3.05) is 13.1 Å². The van der Waals surface area contributed by atoms with Crippen molar-refractivity contribution in [2.45, 2.75) is 71.3 Å². The lowest BCUT2D eigenvalue weighted by molar-refractivity contribution is -0.137. The Balaban J connectivity index is 1.56. The summed E-state index contributed by atoms with van der Waals surface area (Å²) in [6.45, 7) is 5.98. The average Bonchev–Trinajstić information content (AvgIpc) is 3.15. The van der Waals surface area contributed by atoms with Crippen LogP contribution in [0.2, 0.25) is 0 Å². The summed E-state index contributed by atoms with van der Waals surface area (Å²) in [5, 5.41) is 6.08. The third-order valence-electron chi connectivity index (χ3n) is 5.57. The number of carbonyl (C=O) groups is 2. The van der Waals surface area contributed by atoms with E-state index in [1.807, 2.05) is 19.2 Å². The number of hydrogen-bond donors (Lipinski definition) is 1. The van der Waals surface area contributed by atoms with Crippen LogP contribution in [0.4, 0.5) is 0 Å². The second-order valence-corrected chi connectivity index (χ2v) is 8.90. The second-order valence-electron chi connectivity index (χ2n) is 8.01. The maximum absolute atomic E-state index is 12.8. The van der Waals surface area contributed by atoms with Crippen molar-refractivity contribution in [3.8, 4) is 0 Å². The van der Waals surface area contributed by atoms with Crippen LogP contribution in [-0.4, -0.2) is 34.8 Å². The fraction of sp³-hybridized carbons (Fsp3) is 0.750. The molecule has 0 unspecified atom stereocenters. The molecule has 1 aromatic heterocycles. The summed E-state index contributed by atoms with van der Waals surface area (Å²) < 4.78 is 0. The molecule has 2 fully saturated rings. The van der Waals surface area contributed by atoms with Gasteiger partial charge in [-0.25, -0.2) is 4.98 Å². The van der Waals surface area contributed by atoms with Gasteiger partial charge in [0.05, 0.1) is 17.2 Å². The maximum Gasteiger partial charge on any atom is 0.225 e. The summed E-state index contributed by atoms with van der Waals surface area (Å²) in [5.74, 6) is 1.01. The highest BCUT2D eigenvalue weighted by atomic mass is 32.1. The fourth-order valence-corrected chi connectivity index (χ4v) is 4.91. The van der Waals surface area contributed by atoms with Gasteiger partial charge in [0, 0.05) is 36.2 Å². The summed E-state index contributed by atoms with van der Waals surface area (Å²) in [4.78, 5) is 31.4. The quantitative estimate of drug-likeness (QED) is 0.851. The molecule has 2 amide bonds. The zero-order chi connectivity index (χ0) is 18.5. The van der Waals surface area contributed by atoms with Gasteiger partial charge in [-0.05, 0) is 25.7 Å². The van der Waals surface area contributed by atoms with Gasteiger partial charge in [-0.3, -0.25) is 9.59 Å². The Morgan fingerprint density at radius 2 is 2.00 bits per heavy atom. The van der Waals surface area contributed by atoms with E-state index in [2.05, 4.69) is 10.2 Å². The fourth-order valence-electron chi connectivity index (χ4n) is 3.96. The highest BCUT2D eigenvalue weighted by molar-refractivity contribution is 7.09. The SMILES string of the molecule is CC(C)C(=O)NCc1csc([C@H]2CCCN(C(=O)C3CCCCC3)C2)n1. The zero-order valence-corrected chi connectivity index (χ0v) is 16.8. The maximum atomic E-state index is 12.8. The van der Waals surface area contributed by atoms with Crippen molar-refractivity contribution in [2.24, 2.45) is 11.8 Å². The largest absolute Gasteiger partial charge is 0.350 e. The molecule has 1 aliphatic heterocycles. The van der Waals surface area contributed by atoms with Gasteiger partial charge in [0.25, 0.3) is 0 Å². The lowest BCUT2D eigenvalue weighted by Crippen LogP contribution is -2.42. The van der Waals surface area contributed by atoms with Gasteiger partial charge in [0.1, 0.15) is 0 Å². The Hall–Kier alpha value is -1.43. The molecule has 1 N–H and O–H groups in total. The van der Waals surface area contributed by atoms with Crippen LogP contribution in [-0.2, 0) is 16.1 Å². The van der Waals surface area contributed by atoms with E-state index >= 15 is 0 Å². The zero-order valence-electron chi connectivity index (χ0n) is 16.0. The Bertz CT molecular complexity index is 622. The van der Waals surface area contributed by atoms with E-state index < -0.39 is 0 Å². The van der Waals surface area contributed by atoms with Crippen molar-refractivity contribution >= 4 is 23.2 Å². The monoisotopic (exact) mass is 377 g/mol. The summed E-state index contributed by atoms with van der Waals surface area (Å²) >= 11 is 1.67. The Morgan fingerprint density at radius 1 is 1.23 bits per heavy atom. The first kappa shape index (κ1) is 19.3. The molecule has 26 heavy (non-hydrogen) atoms. The summed E-state index contributed by atoms with van der Waals surface area (Å²) in [6, 6.07) is 0. The number of likely N-dealkylation sites (tertiary alicyclic amines) is 1. The molecular formula is C20H31N3O2S. The Labute approximate surface area is 160 Å². The summed E-state index contributed by atoms with van der Waals surface area (Å²) in [6.07, 6.45) is 7.97. The predicted molar refractivity (Wildman–Crippen MR) is 104 cm³/mol. The first-order chi connectivity index (χ1) is 12.5. The van der Waals surface area contributed by atoms with E-state index in [-0.39, 0.29) is 17.7 Å². The van der Waals surface area contributed by atoms with Gasteiger partial charge >= 0.3 is 0 Å². The number of piperidine rings is 1. The molecule has 0 spiro atoms. The van der Waals surface area contributed by atoms with Crippen LogP contribution in [0.1, 0.15) is 75.4 Å². The van der Waals surface area contributed by atoms with Gasteiger partial charge in [-0.2, -0.15) is 0 Å². The number of nitrogens with one attached hydrogen (secondary N) is 1. The highest BCUT2D eigenvalue weighted by Gasteiger charge is 2.31. The molecule has 3 rings (SSSR count). The minimum atomic E-state index is -0.00851. The Kier molecular flexibility index (Phi) is 6.68. The molecule has 144 valence electrons. The number of hydrogen-bond acceptors (Lipinski definition) is 4. The highest BCUT2D eigenvalue weighted by Crippen LogP contribution is 2.32. The molecule has 0 bridgehead atoms. The molecule has 6 heteroatoms. The number of amides is 2. The number of nitrogens with zero attached hydrogens (tertiary/aromatic N) is 2. The molecule has 2 heterocycles. The third kappa shape index (κ3) is 4.84. The lowest BCUT2D eigenvalue weighted by Gasteiger charge is -2.35. The first-order valence-corrected chi connectivity index (χ1v) is 10.9. The van der Waals surface area contributed by atoms with E-state index in [1.165, 1.54) is 19.3 Å². The molecule has 5 nitrogen and oxygen atoms in total. The second kappa shape index (κ2) is 8.98. The van der Waals surface area contributed by atoms with E-state index in [0.717, 1.165) is 49.5 Å². The van der Waals surface area contributed by atoms with E-state index in [0.29, 0.717) is 18.4 Å². The molecule has 0 radical (unpaired) electrons. The van der Waals surface area contributed by atoms with Crippen molar-refractivity contribution in [1.82, 2.24) is 15.2 Å². The standard InChI is InChI=1S/C20H31N3O2S/c1-14(2)18(24)21-11-17-13-26-19(22-17)16-9-6-10-23(12-16)20(25)15-7-4-3-5-8-15/h13-16H,3-12H2,1-2H3,(H,21,24)/t16-/m0/s1. The molecule has 1 saturated heterocycles. The number of aromatic nitrogens is 1. The topological polar surface area (TPSA) is 62.3 Å². The van der Waals surface area contributed by atoms with E-state index in [9.17, 15) is 9.59 Å². The molecule has 1 atom stereocenters. The van der Waals surface area contributed by atoms with Crippen LogP contribution in [0.15, 0.2) is 5.38 Å². The van der Waals surface area contributed by atoms with E-state index in [4.69, 9.17) is 4.98 Å². The van der Waals surface area contributed by atoms with Crippen LogP contribution < -0.4 is 5.32 Å². The predicted octanol–water partition coefficient (Wildman–Crippen LogP) is 3.70. The molecule has 0 aromatic carbocycles. The third-order valence-corrected chi connectivity index (χ3v) is 6.63. The van der Waals surface area contributed by atoms with Crippen molar-refractivity contribution in [3.63, 3.8) is 0 Å². The first-order valence-electron chi connectivity index (χ1n) is 10.1. The van der Waals surface area contributed by atoms with Crippen LogP contribution in [0, 0.1) is 11.8 Å². The van der Waals surface area contributed by atoms with Crippen LogP contribution in [0.3, 0.4) is 0 Å². The van der Waals surface area contributed by atoms with Crippen molar-refractivity contribution in [1.29, 1.82) is 0 Å². The van der Waals surface area contributed by atoms with Gasteiger partial charge < -0.3 is 10.2 Å². The van der Waals surface area contributed by atoms with E-state index in [1.54, 1.807) is 11.3 Å². The number of rotatable bonds is 5. The smallest absolute Gasteiger partial charge is 0.225 e. The molecule has 1 aliphatic carbocycles. The van der Waals surface area contributed by atoms with Crippen LogP contribution >= 0.6 is 11.3 Å². The minimum absolute atomic E-state index is 0.00851. The van der Waals surface area contributed by atoms with Crippen molar-refractivity contribution in [3.05, 3.63) is 16.1 Å². The van der Waals surface area contributed by atoms with Gasteiger partial charge in [-0.1, -0.05) is 33.1 Å². The number of carbonyl (C=O) groups excluding carboxylic acids is 2. The van der Waals surface area contributed by atoms with Gasteiger partial charge in [0.15, 0.2) is 0 Å². The molecule has 2 aliphatic rings.